The van der Waals surface area contributed by atoms with Gasteiger partial charge in [0.2, 0.25) is 0 Å². The highest BCUT2D eigenvalue weighted by Crippen LogP contribution is 2.25. The molecule has 0 saturated carbocycles. The molecule has 1 amide bonds. The van der Waals surface area contributed by atoms with Crippen molar-refractivity contribution < 1.29 is 13.2 Å². The van der Waals surface area contributed by atoms with Crippen molar-refractivity contribution in [2.24, 2.45) is 0 Å². The van der Waals surface area contributed by atoms with E-state index in [-0.39, 0.29) is 16.6 Å². The van der Waals surface area contributed by atoms with Gasteiger partial charge in [0.25, 0.3) is 5.91 Å². The number of aromatic nitrogens is 1. The van der Waals surface area contributed by atoms with Gasteiger partial charge in [0, 0.05) is 23.0 Å². The van der Waals surface area contributed by atoms with Crippen molar-refractivity contribution >= 4 is 33.0 Å². The van der Waals surface area contributed by atoms with Crippen LogP contribution >= 0.6 is 11.6 Å². The van der Waals surface area contributed by atoms with Crippen molar-refractivity contribution in [1.29, 1.82) is 0 Å². The molecule has 0 radical (unpaired) electrons. The second kappa shape index (κ2) is 8.54. The Labute approximate surface area is 169 Å². The number of halogens is 1. The van der Waals surface area contributed by atoms with Crippen molar-refractivity contribution in [3.8, 4) is 11.3 Å². The zero-order valence-corrected chi connectivity index (χ0v) is 16.8. The summed E-state index contributed by atoms with van der Waals surface area (Å²) in [6.07, 6.45) is 2.22. The zero-order valence-electron chi connectivity index (χ0n) is 15.2. The SMILES string of the molecule is CCCS(=O)(=O)c1ccc(NC(=O)c2ccc(-c3ncccc3Cl)cc2)cc1. The van der Waals surface area contributed by atoms with Crippen molar-refractivity contribution in [1.82, 2.24) is 4.98 Å². The summed E-state index contributed by atoms with van der Waals surface area (Å²) >= 11 is 6.15. The molecule has 2 aromatic carbocycles. The van der Waals surface area contributed by atoms with E-state index in [0.29, 0.717) is 28.4 Å². The first-order valence-electron chi connectivity index (χ1n) is 8.76. The summed E-state index contributed by atoms with van der Waals surface area (Å²) in [5.74, 6) is -0.187. The van der Waals surface area contributed by atoms with E-state index >= 15 is 0 Å². The lowest BCUT2D eigenvalue weighted by molar-refractivity contribution is 0.102. The number of anilines is 1. The fourth-order valence-electron chi connectivity index (χ4n) is 2.71. The van der Waals surface area contributed by atoms with Crippen molar-refractivity contribution in [3.63, 3.8) is 0 Å². The first-order chi connectivity index (χ1) is 13.4. The van der Waals surface area contributed by atoms with Gasteiger partial charge in [-0.15, -0.1) is 0 Å². The lowest BCUT2D eigenvalue weighted by atomic mass is 10.1. The molecule has 0 unspecified atom stereocenters. The number of hydrogen-bond acceptors (Lipinski definition) is 4. The Morgan fingerprint density at radius 1 is 1.04 bits per heavy atom. The third-order valence-electron chi connectivity index (χ3n) is 4.12. The number of nitrogens with zero attached hydrogens (tertiary/aromatic N) is 1. The van der Waals surface area contributed by atoms with Crippen molar-refractivity contribution in [3.05, 3.63) is 77.4 Å². The highest BCUT2D eigenvalue weighted by atomic mass is 35.5. The molecule has 0 spiro atoms. The summed E-state index contributed by atoms with van der Waals surface area (Å²) in [5, 5.41) is 3.30. The number of rotatable bonds is 6. The summed E-state index contributed by atoms with van der Waals surface area (Å²) < 4.78 is 24.1. The maximum absolute atomic E-state index is 12.4. The van der Waals surface area contributed by atoms with E-state index in [1.54, 1.807) is 54.7 Å². The minimum Gasteiger partial charge on any atom is -0.322 e. The summed E-state index contributed by atoms with van der Waals surface area (Å²) in [6, 6.07) is 16.6. The molecule has 1 aromatic heterocycles. The van der Waals surface area contributed by atoms with E-state index < -0.39 is 9.84 Å². The number of sulfone groups is 1. The van der Waals surface area contributed by atoms with Crippen LogP contribution in [0, 0.1) is 0 Å². The van der Waals surface area contributed by atoms with Crippen molar-refractivity contribution in [2.75, 3.05) is 11.1 Å². The molecule has 0 fully saturated rings. The molecule has 28 heavy (non-hydrogen) atoms. The Hall–Kier alpha value is -2.70. The molecular weight excluding hydrogens is 396 g/mol. The smallest absolute Gasteiger partial charge is 0.255 e. The van der Waals surface area contributed by atoms with Gasteiger partial charge in [-0.05, 0) is 55.0 Å². The van der Waals surface area contributed by atoms with Gasteiger partial charge in [-0.25, -0.2) is 8.42 Å². The number of amides is 1. The average Bonchev–Trinajstić information content (AvgIpc) is 2.69. The van der Waals surface area contributed by atoms with Gasteiger partial charge in [0.05, 0.1) is 21.4 Å². The van der Waals surface area contributed by atoms with Crippen LogP contribution in [0.4, 0.5) is 5.69 Å². The average molecular weight is 415 g/mol. The minimum atomic E-state index is -3.27. The largest absolute Gasteiger partial charge is 0.322 e. The highest BCUT2D eigenvalue weighted by Gasteiger charge is 2.13. The van der Waals surface area contributed by atoms with Crippen LogP contribution in [0.5, 0.6) is 0 Å². The molecule has 0 saturated heterocycles. The summed E-state index contributed by atoms with van der Waals surface area (Å²) in [4.78, 5) is 16.9. The number of benzene rings is 2. The molecule has 1 heterocycles. The van der Waals surface area contributed by atoms with Crippen LogP contribution in [0.2, 0.25) is 5.02 Å². The third kappa shape index (κ3) is 4.58. The van der Waals surface area contributed by atoms with Crippen LogP contribution in [0.3, 0.4) is 0 Å². The predicted octanol–water partition coefficient (Wildman–Crippen LogP) is 4.84. The number of carbonyl (C=O) groups is 1. The molecule has 0 aliphatic heterocycles. The molecule has 1 N–H and O–H groups in total. The van der Waals surface area contributed by atoms with Crippen LogP contribution in [0.1, 0.15) is 23.7 Å². The van der Waals surface area contributed by atoms with Gasteiger partial charge < -0.3 is 5.32 Å². The zero-order chi connectivity index (χ0) is 20.1. The first kappa shape index (κ1) is 20.0. The van der Waals surface area contributed by atoms with Gasteiger partial charge in [-0.1, -0.05) is 30.7 Å². The van der Waals surface area contributed by atoms with E-state index in [2.05, 4.69) is 10.3 Å². The normalized spacial score (nSPS) is 11.2. The molecule has 3 rings (SSSR count). The minimum absolute atomic E-state index is 0.103. The maximum Gasteiger partial charge on any atom is 0.255 e. The molecule has 5 nitrogen and oxygen atoms in total. The van der Waals surface area contributed by atoms with Gasteiger partial charge in [-0.3, -0.25) is 9.78 Å². The van der Waals surface area contributed by atoms with Crippen LogP contribution in [0.25, 0.3) is 11.3 Å². The van der Waals surface area contributed by atoms with Gasteiger partial charge in [0.1, 0.15) is 0 Å². The third-order valence-corrected chi connectivity index (χ3v) is 6.36. The standard InChI is InChI=1S/C21H19ClN2O3S/c1-2-14-28(26,27)18-11-9-17(10-12-18)24-21(25)16-7-5-15(6-8-16)20-19(22)4-3-13-23-20/h3-13H,2,14H2,1H3,(H,24,25). The Kier molecular flexibility index (Phi) is 6.11. The van der Waals surface area contributed by atoms with E-state index in [0.717, 1.165) is 5.56 Å². The van der Waals surface area contributed by atoms with E-state index in [9.17, 15) is 13.2 Å². The lowest BCUT2D eigenvalue weighted by Crippen LogP contribution is -2.12. The van der Waals surface area contributed by atoms with Crippen LogP contribution < -0.4 is 5.32 Å². The van der Waals surface area contributed by atoms with Crippen LogP contribution in [0.15, 0.2) is 71.8 Å². The Morgan fingerprint density at radius 2 is 1.71 bits per heavy atom. The van der Waals surface area contributed by atoms with Gasteiger partial charge in [0.15, 0.2) is 9.84 Å². The van der Waals surface area contributed by atoms with Crippen LogP contribution in [-0.2, 0) is 9.84 Å². The second-order valence-electron chi connectivity index (χ2n) is 6.21. The number of hydrogen-bond donors (Lipinski definition) is 1. The predicted molar refractivity (Wildman–Crippen MR) is 111 cm³/mol. The Balaban J connectivity index is 1.72. The Bertz CT molecular complexity index is 1080. The van der Waals surface area contributed by atoms with E-state index in [1.165, 1.54) is 12.1 Å². The Morgan fingerprint density at radius 3 is 2.32 bits per heavy atom. The highest BCUT2D eigenvalue weighted by molar-refractivity contribution is 7.91. The molecule has 0 aliphatic carbocycles. The topological polar surface area (TPSA) is 76.1 Å². The lowest BCUT2D eigenvalue weighted by Gasteiger charge is -2.08. The van der Waals surface area contributed by atoms with Gasteiger partial charge >= 0.3 is 0 Å². The molecule has 144 valence electrons. The monoisotopic (exact) mass is 414 g/mol. The van der Waals surface area contributed by atoms with E-state index in [4.69, 9.17) is 11.6 Å². The fourth-order valence-corrected chi connectivity index (χ4v) is 4.27. The maximum atomic E-state index is 12.4. The van der Waals surface area contributed by atoms with Crippen molar-refractivity contribution in [2.45, 2.75) is 18.2 Å². The molecule has 3 aromatic rings. The number of nitrogens with one attached hydrogen (secondary N) is 1. The number of carbonyl (C=O) groups excluding carboxylic acids is 1. The quantitative estimate of drug-likeness (QED) is 0.626. The van der Waals surface area contributed by atoms with Gasteiger partial charge in [-0.2, -0.15) is 0 Å². The summed E-state index contributed by atoms with van der Waals surface area (Å²) in [7, 11) is -3.27. The number of pyridine rings is 1. The first-order valence-corrected chi connectivity index (χ1v) is 10.8. The molecule has 7 heteroatoms. The summed E-state index contributed by atoms with van der Waals surface area (Å²) in [5.41, 5.74) is 2.46. The molecular formula is C21H19ClN2O3S. The summed E-state index contributed by atoms with van der Waals surface area (Å²) in [6.45, 7) is 1.82. The van der Waals surface area contributed by atoms with Crippen LogP contribution in [-0.4, -0.2) is 25.1 Å². The molecule has 0 bridgehead atoms. The molecule has 0 atom stereocenters. The molecule has 0 aliphatic rings. The van der Waals surface area contributed by atoms with E-state index in [1.807, 2.05) is 6.92 Å². The second-order valence-corrected chi connectivity index (χ2v) is 8.72. The fraction of sp³-hybridized carbons (Fsp3) is 0.143.